The summed E-state index contributed by atoms with van der Waals surface area (Å²) in [6.45, 7) is 2.92. The Balaban J connectivity index is 1.62. The summed E-state index contributed by atoms with van der Waals surface area (Å²) in [6.07, 6.45) is 2.10. The molecule has 0 aliphatic carbocycles. The van der Waals surface area contributed by atoms with Crippen molar-refractivity contribution in [2.24, 2.45) is 5.10 Å². The zero-order valence-corrected chi connectivity index (χ0v) is 13.6. The quantitative estimate of drug-likeness (QED) is 0.693. The third kappa shape index (κ3) is 3.79. The Morgan fingerprint density at radius 3 is 2.75 bits per heavy atom. The first-order valence-electron chi connectivity index (χ1n) is 8.05. The molecule has 1 aliphatic rings. The molecule has 5 heteroatoms. The maximum atomic E-state index is 12.9. The first kappa shape index (κ1) is 16.2. The van der Waals surface area contributed by atoms with E-state index in [1.807, 2.05) is 12.1 Å². The van der Waals surface area contributed by atoms with Crippen molar-refractivity contribution in [3.63, 3.8) is 0 Å². The van der Waals surface area contributed by atoms with Crippen molar-refractivity contribution >= 4 is 17.3 Å². The topological polar surface area (TPSA) is 44.7 Å². The zero-order chi connectivity index (χ0) is 16.9. The van der Waals surface area contributed by atoms with Crippen molar-refractivity contribution in [3.8, 4) is 0 Å². The van der Waals surface area contributed by atoms with Crippen molar-refractivity contribution in [3.05, 3.63) is 65.5 Å². The number of halogens is 1. The minimum atomic E-state index is -0.292. The van der Waals surface area contributed by atoms with Gasteiger partial charge in [0.2, 0.25) is 0 Å². The third-order valence-corrected chi connectivity index (χ3v) is 4.15. The molecular weight excluding hydrogens is 305 g/mol. The Hall–Kier alpha value is -2.69. The zero-order valence-electron chi connectivity index (χ0n) is 13.6. The number of anilines is 1. The molecular formula is C19H20FN3O. The first-order valence-corrected chi connectivity index (χ1v) is 8.05. The average Bonchev–Trinajstić information content (AvgIpc) is 2.61. The van der Waals surface area contributed by atoms with Gasteiger partial charge in [0.1, 0.15) is 5.82 Å². The average molecular weight is 325 g/mol. The summed E-state index contributed by atoms with van der Waals surface area (Å²) in [5.74, 6) is -0.451. The highest BCUT2D eigenvalue weighted by molar-refractivity contribution is 5.99. The Labute approximate surface area is 141 Å². The molecule has 0 unspecified atom stereocenters. The predicted octanol–water partition coefficient (Wildman–Crippen LogP) is 3.12. The fourth-order valence-electron chi connectivity index (χ4n) is 2.89. The lowest BCUT2D eigenvalue weighted by atomic mass is 10.0. The number of carbonyl (C=O) groups excluding carboxylic acids is 1. The maximum Gasteiger partial charge on any atom is 0.259 e. The van der Waals surface area contributed by atoms with E-state index in [9.17, 15) is 9.18 Å². The highest BCUT2D eigenvalue weighted by Gasteiger charge is 2.18. The van der Waals surface area contributed by atoms with E-state index in [1.54, 1.807) is 19.1 Å². The second kappa shape index (κ2) is 7.25. The van der Waals surface area contributed by atoms with Gasteiger partial charge < -0.3 is 4.90 Å². The van der Waals surface area contributed by atoms with E-state index in [2.05, 4.69) is 27.6 Å². The molecule has 4 nitrogen and oxygen atoms in total. The van der Waals surface area contributed by atoms with Crippen LogP contribution in [-0.2, 0) is 11.2 Å². The van der Waals surface area contributed by atoms with Crippen LogP contribution in [0.5, 0.6) is 0 Å². The fraction of sp³-hybridized carbons (Fsp3) is 0.263. The summed E-state index contributed by atoms with van der Waals surface area (Å²) in [6, 6.07) is 14.2. The van der Waals surface area contributed by atoms with Crippen molar-refractivity contribution in [1.82, 2.24) is 5.43 Å². The van der Waals surface area contributed by atoms with Crippen LogP contribution in [0.25, 0.3) is 0 Å². The van der Waals surface area contributed by atoms with Crippen LogP contribution in [-0.4, -0.2) is 24.7 Å². The summed E-state index contributed by atoms with van der Waals surface area (Å²) in [7, 11) is 0. The molecule has 124 valence electrons. The highest BCUT2D eigenvalue weighted by atomic mass is 19.1. The van der Waals surface area contributed by atoms with Gasteiger partial charge in [-0.2, -0.15) is 5.10 Å². The van der Waals surface area contributed by atoms with Crippen LogP contribution in [0.2, 0.25) is 0 Å². The van der Waals surface area contributed by atoms with Crippen LogP contribution >= 0.6 is 0 Å². The fourth-order valence-corrected chi connectivity index (χ4v) is 2.89. The van der Waals surface area contributed by atoms with E-state index in [4.69, 9.17) is 0 Å². The molecule has 0 aromatic heterocycles. The molecule has 24 heavy (non-hydrogen) atoms. The van der Waals surface area contributed by atoms with Crippen molar-refractivity contribution in [2.75, 3.05) is 18.0 Å². The molecule has 1 amide bonds. The van der Waals surface area contributed by atoms with Gasteiger partial charge in [-0.3, -0.25) is 4.79 Å². The van der Waals surface area contributed by atoms with Gasteiger partial charge in [0.15, 0.2) is 0 Å². The van der Waals surface area contributed by atoms with E-state index in [0.29, 0.717) is 5.71 Å². The number of nitrogens with one attached hydrogen (secondary N) is 1. The number of nitrogens with zero attached hydrogens (tertiary/aromatic N) is 2. The van der Waals surface area contributed by atoms with Crippen LogP contribution in [0, 0.1) is 5.82 Å². The van der Waals surface area contributed by atoms with Gasteiger partial charge in [0.05, 0.1) is 12.3 Å². The smallest absolute Gasteiger partial charge is 0.259 e. The Morgan fingerprint density at radius 1 is 1.21 bits per heavy atom. The lowest BCUT2D eigenvalue weighted by Crippen LogP contribution is -2.38. The van der Waals surface area contributed by atoms with Gasteiger partial charge in [-0.05, 0) is 49.1 Å². The number of hydrazone groups is 1. The van der Waals surface area contributed by atoms with E-state index >= 15 is 0 Å². The van der Waals surface area contributed by atoms with Crippen LogP contribution in [0.15, 0.2) is 53.6 Å². The van der Waals surface area contributed by atoms with E-state index in [1.165, 1.54) is 17.7 Å². The molecule has 1 heterocycles. The molecule has 0 saturated heterocycles. The molecule has 3 rings (SSSR count). The number of rotatable bonds is 4. The lowest BCUT2D eigenvalue weighted by Gasteiger charge is -2.30. The van der Waals surface area contributed by atoms with Gasteiger partial charge in [-0.1, -0.05) is 30.3 Å². The summed E-state index contributed by atoms with van der Waals surface area (Å²) >= 11 is 0. The van der Waals surface area contributed by atoms with Crippen molar-refractivity contribution in [2.45, 2.75) is 19.8 Å². The van der Waals surface area contributed by atoms with Crippen molar-refractivity contribution in [1.29, 1.82) is 0 Å². The Kier molecular flexibility index (Phi) is 4.89. The minimum absolute atomic E-state index is 0.159. The lowest BCUT2D eigenvalue weighted by molar-refractivity contribution is -0.119. The molecule has 0 saturated carbocycles. The van der Waals surface area contributed by atoms with Gasteiger partial charge >= 0.3 is 0 Å². The highest BCUT2D eigenvalue weighted by Crippen LogP contribution is 2.26. The molecule has 1 N–H and O–H groups in total. The number of aryl methyl sites for hydroxylation is 1. The summed E-state index contributed by atoms with van der Waals surface area (Å²) in [5, 5.41) is 4.11. The number of amides is 1. The van der Waals surface area contributed by atoms with Crippen molar-refractivity contribution < 1.29 is 9.18 Å². The standard InChI is InChI=1S/C19H20FN3O/c1-14(15-8-10-17(20)11-9-15)21-22-19(24)13-23-12-4-6-16-5-2-3-7-18(16)23/h2-3,5,7-11H,4,6,12-13H2,1H3,(H,22,24)/b21-14-. The molecule has 0 bridgehead atoms. The van der Waals surface area contributed by atoms with Gasteiger partial charge in [-0.25, -0.2) is 9.82 Å². The SMILES string of the molecule is C/C(=N/NC(=O)CN1CCCc2ccccc21)c1ccc(F)cc1. The number of fused-ring (bicyclic) bond motifs is 1. The molecule has 0 spiro atoms. The van der Waals surface area contributed by atoms with Crippen LogP contribution in [0.3, 0.4) is 0 Å². The minimum Gasteiger partial charge on any atom is -0.362 e. The van der Waals surface area contributed by atoms with E-state index in [0.717, 1.165) is 30.6 Å². The Morgan fingerprint density at radius 2 is 1.96 bits per heavy atom. The number of carbonyl (C=O) groups is 1. The molecule has 2 aromatic rings. The van der Waals surface area contributed by atoms with E-state index < -0.39 is 0 Å². The largest absolute Gasteiger partial charge is 0.362 e. The number of hydrogen-bond acceptors (Lipinski definition) is 3. The second-order valence-corrected chi connectivity index (χ2v) is 5.89. The molecule has 1 aliphatic heterocycles. The van der Waals surface area contributed by atoms with Crippen LogP contribution < -0.4 is 10.3 Å². The van der Waals surface area contributed by atoms with Gasteiger partial charge in [0, 0.05) is 12.2 Å². The maximum absolute atomic E-state index is 12.9. The number of para-hydroxylation sites is 1. The van der Waals surface area contributed by atoms with Crippen LogP contribution in [0.4, 0.5) is 10.1 Å². The van der Waals surface area contributed by atoms with E-state index in [-0.39, 0.29) is 18.3 Å². The number of hydrogen-bond donors (Lipinski definition) is 1. The molecule has 0 radical (unpaired) electrons. The van der Waals surface area contributed by atoms with Gasteiger partial charge in [0.25, 0.3) is 5.91 Å². The summed E-state index contributed by atoms with van der Waals surface area (Å²) in [4.78, 5) is 14.3. The predicted molar refractivity (Wildman–Crippen MR) is 93.7 cm³/mol. The summed E-state index contributed by atoms with van der Waals surface area (Å²) in [5.41, 5.74) is 6.41. The second-order valence-electron chi connectivity index (χ2n) is 5.89. The third-order valence-electron chi connectivity index (χ3n) is 4.15. The van der Waals surface area contributed by atoms with Crippen LogP contribution in [0.1, 0.15) is 24.5 Å². The first-order chi connectivity index (χ1) is 11.6. The Bertz CT molecular complexity index is 755. The van der Waals surface area contributed by atoms with Gasteiger partial charge in [-0.15, -0.1) is 0 Å². The number of benzene rings is 2. The molecule has 2 aromatic carbocycles. The summed E-state index contributed by atoms with van der Waals surface area (Å²) < 4.78 is 12.9. The monoisotopic (exact) mass is 325 g/mol. The molecule has 0 fully saturated rings. The normalized spacial score (nSPS) is 14.2. The molecule has 0 atom stereocenters.